The molecule has 0 spiro atoms. The fourth-order valence-electron chi connectivity index (χ4n) is 2.02. The van der Waals surface area contributed by atoms with E-state index < -0.39 is 0 Å². The number of H-pyrrole nitrogens is 1. The van der Waals surface area contributed by atoms with Gasteiger partial charge in [-0.2, -0.15) is 0 Å². The van der Waals surface area contributed by atoms with Crippen molar-refractivity contribution in [2.75, 3.05) is 0 Å². The number of benzene rings is 1. The second-order valence-electron chi connectivity index (χ2n) is 3.90. The molecule has 2 N–H and O–H groups in total. The molecule has 1 aromatic carbocycles. The third-order valence-electron chi connectivity index (χ3n) is 2.73. The van der Waals surface area contributed by atoms with E-state index in [4.69, 9.17) is 0 Å². The number of aromatic hydroxyl groups is 1. The highest BCUT2D eigenvalue weighted by Gasteiger charge is 2.07. The lowest BCUT2D eigenvalue weighted by Crippen LogP contribution is -2.14. The molecule has 0 aliphatic rings. The fraction of sp³-hybridized carbons (Fsp3) is 0.0833. The second-order valence-corrected chi connectivity index (χ2v) is 3.90. The van der Waals surface area contributed by atoms with Crippen molar-refractivity contribution < 1.29 is 5.11 Å². The van der Waals surface area contributed by atoms with E-state index in [-0.39, 0.29) is 11.4 Å². The first-order valence-electron chi connectivity index (χ1n) is 4.99. The molecule has 0 saturated heterocycles. The van der Waals surface area contributed by atoms with E-state index in [2.05, 4.69) is 4.98 Å². The molecule has 2 aromatic heterocycles. The van der Waals surface area contributed by atoms with Crippen LogP contribution in [0.1, 0.15) is 5.56 Å². The SMILES string of the molecule is Cc1cc2c3cccc(O)c3[nH]c(=O)n2c1. The van der Waals surface area contributed by atoms with Crippen LogP contribution < -0.4 is 5.69 Å². The smallest absolute Gasteiger partial charge is 0.330 e. The first kappa shape index (κ1) is 9.03. The summed E-state index contributed by atoms with van der Waals surface area (Å²) in [7, 11) is 0. The number of rotatable bonds is 0. The van der Waals surface area contributed by atoms with Gasteiger partial charge in [-0.15, -0.1) is 0 Å². The highest BCUT2D eigenvalue weighted by molar-refractivity contribution is 5.96. The quantitative estimate of drug-likeness (QED) is 0.599. The summed E-state index contributed by atoms with van der Waals surface area (Å²) < 4.78 is 1.55. The van der Waals surface area contributed by atoms with E-state index in [9.17, 15) is 9.90 Å². The number of aromatic amines is 1. The summed E-state index contributed by atoms with van der Waals surface area (Å²) in [6.07, 6.45) is 1.78. The van der Waals surface area contributed by atoms with Gasteiger partial charge in [0.1, 0.15) is 5.75 Å². The molecule has 3 rings (SSSR count). The number of phenolic OH excluding ortho intramolecular Hbond substituents is 1. The third-order valence-corrected chi connectivity index (χ3v) is 2.73. The minimum atomic E-state index is -0.239. The van der Waals surface area contributed by atoms with Gasteiger partial charge in [0.05, 0.1) is 11.0 Å². The van der Waals surface area contributed by atoms with Gasteiger partial charge in [0.2, 0.25) is 0 Å². The van der Waals surface area contributed by atoms with Crippen LogP contribution in [0.5, 0.6) is 5.75 Å². The van der Waals surface area contributed by atoms with Gasteiger partial charge in [0, 0.05) is 11.6 Å². The Balaban J connectivity index is 2.69. The molecule has 0 radical (unpaired) electrons. The van der Waals surface area contributed by atoms with Crippen molar-refractivity contribution in [3.63, 3.8) is 0 Å². The molecule has 80 valence electrons. The van der Waals surface area contributed by atoms with Crippen LogP contribution in [0.2, 0.25) is 0 Å². The van der Waals surface area contributed by atoms with E-state index in [1.807, 2.05) is 19.1 Å². The number of para-hydroxylation sites is 1. The largest absolute Gasteiger partial charge is 0.506 e. The number of phenols is 1. The molecule has 0 fully saturated rings. The van der Waals surface area contributed by atoms with Gasteiger partial charge < -0.3 is 10.1 Å². The maximum Gasteiger partial charge on any atom is 0.330 e. The highest BCUT2D eigenvalue weighted by atomic mass is 16.3. The number of aryl methyl sites for hydroxylation is 1. The topological polar surface area (TPSA) is 57.5 Å². The lowest BCUT2D eigenvalue weighted by Gasteiger charge is -2.02. The Morgan fingerprint density at radius 1 is 1.38 bits per heavy atom. The van der Waals surface area contributed by atoms with E-state index >= 15 is 0 Å². The Hall–Kier alpha value is -2.23. The van der Waals surface area contributed by atoms with Gasteiger partial charge in [-0.05, 0) is 24.6 Å². The molecule has 2 heterocycles. The molecule has 4 heteroatoms. The molecule has 0 atom stereocenters. The van der Waals surface area contributed by atoms with Crippen LogP contribution in [0.4, 0.5) is 0 Å². The van der Waals surface area contributed by atoms with E-state index in [0.29, 0.717) is 5.52 Å². The fourth-order valence-corrected chi connectivity index (χ4v) is 2.02. The molecule has 0 aliphatic heterocycles. The number of aromatic nitrogens is 2. The van der Waals surface area contributed by atoms with E-state index in [0.717, 1.165) is 16.5 Å². The first-order chi connectivity index (χ1) is 7.66. The standard InChI is InChI=1S/C12H10N2O2/c1-7-5-9-8-3-2-4-10(15)11(8)13-12(16)14(9)6-7/h2-6,15H,1H3,(H,13,16). The van der Waals surface area contributed by atoms with Gasteiger partial charge in [0.25, 0.3) is 0 Å². The van der Waals surface area contributed by atoms with Crippen molar-refractivity contribution in [2.24, 2.45) is 0 Å². The van der Waals surface area contributed by atoms with Crippen molar-refractivity contribution in [2.45, 2.75) is 6.92 Å². The van der Waals surface area contributed by atoms with Gasteiger partial charge in [0.15, 0.2) is 0 Å². The molecule has 0 amide bonds. The number of hydrogen-bond donors (Lipinski definition) is 2. The minimum Gasteiger partial charge on any atom is -0.506 e. The molecule has 16 heavy (non-hydrogen) atoms. The summed E-state index contributed by atoms with van der Waals surface area (Å²) in [5, 5.41) is 10.5. The van der Waals surface area contributed by atoms with Crippen molar-refractivity contribution in [3.05, 3.63) is 46.5 Å². The number of nitrogens with one attached hydrogen (secondary N) is 1. The van der Waals surface area contributed by atoms with Crippen molar-refractivity contribution in [1.29, 1.82) is 0 Å². The van der Waals surface area contributed by atoms with Crippen LogP contribution in [0.25, 0.3) is 16.4 Å². The number of nitrogens with zero attached hydrogens (tertiary/aromatic N) is 1. The summed E-state index contributed by atoms with van der Waals surface area (Å²) in [4.78, 5) is 14.4. The van der Waals surface area contributed by atoms with E-state index in [1.165, 1.54) is 0 Å². The zero-order valence-corrected chi connectivity index (χ0v) is 8.69. The summed E-state index contributed by atoms with van der Waals surface area (Å²) >= 11 is 0. The summed E-state index contributed by atoms with van der Waals surface area (Å²) in [5.74, 6) is 0.0935. The lowest BCUT2D eigenvalue weighted by atomic mass is 10.2. The molecular weight excluding hydrogens is 204 g/mol. The first-order valence-corrected chi connectivity index (χ1v) is 4.99. The average molecular weight is 214 g/mol. The average Bonchev–Trinajstić information content (AvgIpc) is 2.63. The zero-order valence-electron chi connectivity index (χ0n) is 8.69. The molecule has 0 unspecified atom stereocenters. The normalized spacial score (nSPS) is 11.3. The number of fused-ring (bicyclic) bond motifs is 3. The maximum absolute atomic E-state index is 11.8. The maximum atomic E-state index is 11.8. The summed E-state index contributed by atoms with van der Waals surface area (Å²) in [6.45, 7) is 1.93. The molecule has 0 aliphatic carbocycles. The molecular formula is C12H10N2O2. The van der Waals surface area contributed by atoms with Crippen LogP contribution in [0.3, 0.4) is 0 Å². The highest BCUT2D eigenvalue weighted by Crippen LogP contribution is 2.24. The second kappa shape index (κ2) is 2.88. The molecule has 4 nitrogen and oxygen atoms in total. The van der Waals surface area contributed by atoms with Crippen molar-refractivity contribution >= 4 is 16.4 Å². The van der Waals surface area contributed by atoms with Crippen LogP contribution in [-0.4, -0.2) is 14.5 Å². The van der Waals surface area contributed by atoms with Crippen molar-refractivity contribution in [3.8, 4) is 5.75 Å². The Bertz CT molecular complexity index is 753. The van der Waals surface area contributed by atoms with E-state index in [1.54, 1.807) is 22.7 Å². The summed E-state index contributed by atoms with van der Waals surface area (Å²) in [6, 6.07) is 7.12. The Morgan fingerprint density at radius 2 is 2.19 bits per heavy atom. The Morgan fingerprint density at radius 3 is 3.00 bits per heavy atom. The van der Waals surface area contributed by atoms with Gasteiger partial charge in [-0.1, -0.05) is 12.1 Å². The van der Waals surface area contributed by atoms with Gasteiger partial charge in [-0.25, -0.2) is 4.79 Å². The van der Waals surface area contributed by atoms with Crippen LogP contribution >= 0.6 is 0 Å². The van der Waals surface area contributed by atoms with Crippen LogP contribution in [0, 0.1) is 6.92 Å². The lowest BCUT2D eigenvalue weighted by molar-refractivity contribution is 0.480. The van der Waals surface area contributed by atoms with Gasteiger partial charge in [-0.3, -0.25) is 4.40 Å². The summed E-state index contributed by atoms with van der Waals surface area (Å²) in [5.41, 5.74) is 2.07. The molecule has 3 aromatic rings. The van der Waals surface area contributed by atoms with Crippen LogP contribution in [0.15, 0.2) is 35.3 Å². The van der Waals surface area contributed by atoms with Crippen molar-refractivity contribution in [1.82, 2.24) is 9.38 Å². The molecule has 0 saturated carbocycles. The monoisotopic (exact) mass is 214 g/mol. The minimum absolute atomic E-state index is 0.0935. The van der Waals surface area contributed by atoms with Gasteiger partial charge >= 0.3 is 5.69 Å². The predicted octanol–water partition coefficient (Wildman–Crippen LogP) is 1.79. The number of hydrogen-bond acceptors (Lipinski definition) is 2. The predicted molar refractivity (Wildman–Crippen MR) is 61.9 cm³/mol. The Kier molecular flexibility index (Phi) is 1.63. The third kappa shape index (κ3) is 1.07. The Labute approximate surface area is 90.8 Å². The van der Waals surface area contributed by atoms with Crippen LogP contribution in [-0.2, 0) is 0 Å². The molecule has 0 bridgehead atoms. The zero-order chi connectivity index (χ0) is 11.3.